The molecule has 7 nitrogen and oxygen atoms in total. The van der Waals surface area contributed by atoms with E-state index in [0.717, 1.165) is 0 Å². The van der Waals surface area contributed by atoms with Crippen LogP contribution in [0.3, 0.4) is 0 Å². The van der Waals surface area contributed by atoms with Crippen molar-refractivity contribution in [1.82, 2.24) is 9.97 Å². The van der Waals surface area contributed by atoms with Crippen molar-refractivity contribution in [2.24, 2.45) is 5.73 Å². The normalized spacial score (nSPS) is 11.3. The summed E-state index contributed by atoms with van der Waals surface area (Å²) < 4.78 is 25.4. The number of benzene rings is 1. The minimum atomic E-state index is -0.645. The first-order valence-electron chi connectivity index (χ1n) is 9.88. The van der Waals surface area contributed by atoms with Crippen LogP contribution in [0.2, 0.25) is 0 Å². The van der Waals surface area contributed by atoms with Crippen molar-refractivity contribution in [2.45, 2.75) is 34.1 Å². The second-order valence-corrected chi connectivity index (χ2v) is 6.33. The maximum atomic E-state index is 14.3. The van der Waals surface area contributed by atoms with Gasteiger partial charge in [0.2, 0.25) is 0 Å². The minimum absolute atomic E-state index is 0. The lowest BCUT2D eigenvalue weighted by Crippen LogP contribution is -2.12. The van der Waals surface area contributed by atoms with Crippen LogP contribution in [0.5, 0.6) is 11.8 Å². The second kappa shape index (κ2) is 12.2. The van der Waals surface area contributed by atoms with Gasteiger partial charge in [-0.05, 0) is 43.2 Å². The molecule has 174 valence electrons. The molecule has 0 bridgehead atoms. The van der Waals surface area contributed by atoms with Crippen LogP contribution in [0, 0.1) is 6.92 Å². The van der Waals surface area contributed by atoms with Gasteiger partial charge in [-0.15, -0.1) is 0 Å². The third-order valence-electron chi connectivity index (χ3n) is 4.31. The van der Waals surface area contributed by atoms with Gasteiger partial charge in [0, 0.05) is 38.7 Å². The van der Waals surface area contributed by atoms with E-state index in [1.165, 1.54) is 0 Å². The van der Waals surface area contributed by atoms with Crippen LogP contribution in [0.4, 0.5) is 4.39 Å². The first-order chi connectivity index (χ1) is 14.9. The molecule has 0 aliphatic carbocycles. The largest absolute Gasteiger partial charge is 0.424 e. The van der Waals surface area contributed by atoms with Crippen LogP contribution < -0.4 is 16.1 Å². The Morgan fingerprint density at radius 1 is 1.31 bits per heavy atom. The van der Waals surface area contributed by atoms with Crippen molar-refractivity contribution >= 4 is 11.0 Å². The molecule has 0 saturated heterocycles. The van der Waals surface area contributed by atoms with Crippen molar-refractivity contribution in [3.63, 3.8) is 0 Å². The molecule has 32 heavy (non-hydrogen) atoms. The zero-order valence-electron chi connectivity index (χ0n) is 18.6. The van der Waals surface area contributed by atoms with Crippen LogP contribution >= 0.6 is 0 Å². The molecule has 3 aromatic rings. The third kappa shape index (κ3) is 6.12. The fraction of sp³-hybridized carbons (Fsp3) is 0.208. The summed E-state index contributed by atoms with van der Waals surface area (Å²) in [5.74, 6) is -0.215. The summed E-state index contributed by atoms with van der Waals surface area (Å²) in [6.45, 7) is 11.0. The highest BCUT2D eigenvalue weighted by molar-refractivity contribution is 5.82. The Balaban J connectivity index is 0. The number of nitrogens with two attached hydrogens (primary N) is 1. The lowest BCUT2D eigenvalue weighted by atomic mass is 9.98. The van der Waals surface area contributed by atoms with E-state index in [1.54, 1.807) is 62.7 Å². The van der Waals surface area contributed by atoms with Crippen LogP contribution in [-0.4, -0.2) is 15.4 Å². The number of hydrogen-bond acceptors (Lipinski definition) is 6. The van der Waals surface area contributed by atoms with E-state index < -0.39 is 11.5 Å². The van der Waals surface area contributed by atoms with Gasteiger partial charge in [-0.25, -0.2) is 19.2 Å². The molecule has 8 heteroatoms. The molecule has 0 aliphatic heterocycles. The Kier molecular flexibility index (Phi) is 9.98. The van der Waals surface area contributed by atoms with Gasteiger partial charge < -0.3 is 20.4 Å². The number of fused-ring (bicyclic) bond motifs is 1. The highest BCUT2D eigenvalue weighted by Crippen LogP contribution is 2.27. The molecule has 2 aromatic heterocycles. The molecule has 0 aliphatic rings. The number of ether oxygens (including phenoxy) is 1. The lowest BCUT2D eigenvalue weighted by Gasteiger charge is -2.11. The topological polar surface area (TPSA) is 123 Å². The van der Waals surface area contributed by atoms with Gasteiger partial charge in [-0.2, -0.15) is 0 Å². The number of halogens is 1. The molecule has 4 N–H and O–H groups in total. The number of rotatable bonds is 6. The first-order valence-corrected chi connectivity index (χ1v) is 9.88. The van der Waals surface area contributed by atoms with E-state index >= 15 is 0 Å². The average Bonchev–Trinajstić information content (AvgIpc) is 2.77. The van der Waals surface area contributed by atoms with Gasteiger partial charge in [0.25, 0.3) is 0 Å². The molecule has 0 saturated carbocycles. The van der Waals surface area contributed by atoms with E-state index in [2.05, 4.69) is 16.5 Å². The number of nitrogens with zero attached hydrogens (tertiary/aromatic N) is 2. The molecular weight excluding hydrogens is 413 g/mol. The van der Waals surface area contributed by atoms with Crippen LogP contribution in [0.15, 0.2) is 81.7 Å². The minimum Gasteiger partial charge on any atom is -0.424 e. The highest BCUT2D eigenvalue weighted by Gasteiger charge is 2.16. The summed E-state index contributed by atoms with van der Waals surface area (Å²) in [5.41, 5.74) is 6.39. The van der Waals surface area contributed by atoms with Crippen LogP contribution in [-0.2, 0) is 6.42 Å². The molecule has 0 unspecified atom stereocenters. The summed E-state index contributed by atoms with van der Waals surface area (Å²) in [6.07, 6.45) is 6.39. The van der Waals surface area contributed by atoms with Crippen LogP contribution in [0.25, 0.3) is 11.0 Å². The molecular formula is C24H32FN3O4. The average molecular weight is 446 g/mol. The summed E-state index contributed by atoms with van der Waals surface area (Å²) in [4.78, 5) is 20.6. The second-order valence-electron chi connectivity index (χ2n) is 6.33. The van der Waals surface area contributed by atoms with Gasteiger partial charge in [0.1, 0.15) is 17.2 Å². The summed E-state index contributed by atoms with van der Waals surface area (Å²) in [5, 5.41) is 0.716. The Hall–Kier alpha value is -3.78. The van der Waals surface area contributed by atoms with E-state index in [9.17, 15) is 9.18 Å². The third-order valence-corrected chi connectivity index (χ3v) is 4.31. The number of hydrogen-bond donors (Lipinski definition) is 1. The van der Waals surface area contributed by atoms with E-state index in [-0.39, 0.29) is 32.0 Å². The molecule has 1 aromatic carbocycles. The molecule has 0 radical (unpaired) electrons. The smallest absolute Gasteiger partial charge is 0.340 e. The monoisotopic (exact) mass is 445 g/mol. The Labute approximate surface area is 189 Å². The number of aromatic nitrogens is 2. The molecule has 3 rings (SSSR count). The predicted octanol–water partition coefficient (Wildman–Crippen LogP) is 5.19. The van der Waals surface area contributed by atoms with Gasteiger partial charge >= 0.3 is 11.6 Å². The Morgan fingerprint density at radius 2 is 1.97 bits per heavy atom. The highest BCUT2D eigenvalue weighted by atomic mass is 19.1. The van der Waals surface area contributed by atoms with Crippen molar-refractivity contribution < 1.29 is 21.9 Å². The van der Waals surface area contributed by atoms with Gasteiger partial charge in [0.05, 0.1) is 5.70 Å². The van der Waals surface area contributed by atoms with Crippen molar-refractivity contribution in [3.8, 4) is 11.8 Å². The van der Waals surface area contributed by atoms with Crippen molar-refractivity contribution in [3.05, 3.63) is 94.0 Å². The van der Waals surface area contributed by atoms with E-state index in [1.807, 2.05) is 13.8 Å². The Morgan fingerprint density at radius 3 is 2.56 bits per heavy atom. The number of aryl methyl sites for hydroxylation is 1. The first kappa shape index (κ1) is 26.3. The zero-order valence-corrected chi connectivity index (χ0v) is 18.6. The summed E-state index contributed by atoms with van der Waals surface area (Å²) in [7, 11) is 0. The summed E-state index contributed by atoms with van der Waals surface area (Å²) >= 11 is 0. The fourth-order valence-electron chi connectivity index (χ4n) is 2.89. The number of allylic oxidation sites excluding steroid dienone is 4. The lowest BCUT2D eigenvalue weighted by molar-refractivity contribution is 0.440. The van der Waals surface area contributed by atoms with Crippen molar-refractivity contribution in [2.75, 3.05) is 0 Å². The maximum Gasteiger partial charge on any atom is 0.340 e. The van der Waals surface area contributed by atoms with Crippen molar-refractivity contribution in [1.29, 1.82) is 0 Å². The van der Waals surface area contributed by atoms with Gasteiger partial charge in [-0.3, -0.25) is 0 Å². The standard InChI is InChI=1S/C22H20FN3O3.C2H6.H2O.2H2/c1-4-6-15(20(23)14(3)24)11-18-13(2)17-8-7-16(12-19(17)29-21(18)27)28-22-25-9-5-10-26-22;1-2;;;/h4-10,12H,3,11,24H2,1-2H3;1-2H3;1H2;2*1H/b6-4-,20-15-;;;;. The van der Waals surface area contributed by atoms with Gasteiger partial charge in [0.15, 0.2) is 0 Å². The van der Waals surface area contributed by atoms with E-state index in [4.69, 9.17) is 14.9 Å². The zero-order chi connectivity index (χ0) is 23.0. The summed E-state index contributed by atoms with van der Waals surface area (Å²) in [6, 6.07) is 6.94. The molecule has 0 fully saturated rings. The fourth-order valence-corrected chi connectivity index (χ4v) is 2.89. The van der Waals surface area contributed by atoms with Gasteiger partial charge in [-0.1, -0.05) is 32.6 Å². The molecule has 0 atom stereocenters. The quantitative estimate of drug-likeness (QED) is 0.411. The van der Waals surface area contributed by atoms with E-state index in [0.29, 0.717) is 27.8 Å². The molecule has 0 spiro atoms. The predicted molar refractivity (Wildman–Crippen MR) is 128 cm³/mol. The molecule has 2 heterocycles. The molecule has 0 amide bonds. The van der Waals surface area contributed by atoms with Crippen LogP contribution in [0.1, 0.15) is 34.8 Å². The Bertz CT molecular complexity index is 1200. The SMILES string of the molecule is C=C(N)/C(F)=C(\C=C/C)Cc1c(C)c2ccc(Oc3ncccn3)cc2oc1=O.CC.O.[HH].[HH]. The maximum absolute atomic E-state index is 14.3.